The van der Waals surface area contributed by atoms with Gasteiger partial charge in [-0.05, 0) is 45.2 Å². The normalized spacial score (nSPS) is 16.7. The molecule has 0 radical (unpaired) electrons. The maximum Gasteiger partial charge on any atom is 0.0362 e. The van der Waals surface area contributed by atoms with Crippen LogP contribution in [-0.4, -0.2) is 36.0 Å². The van der Waals surface area contributed by atoms with Gasteiger partial charge < -0.3 is 11.5 Å². The minimum Gasteiger partial charge on any atom is -0.398 e. The van der Waals surface area contributed by atoms with Crippen molar-refractivity contribution in [3.8, 4) is 0 Å². The van der Waals surface area contributed by atoms with Crippen molar-refractivity contribution in [1.29, 1.82) is 0 Å². The molecule has 164 valence electrons. The van der Waals surface area contributed by atoms with Gasteiger partial charge in [-0.1, -0.05) is 65.8 Å². The number of nitrogens with zero attached hydrogens (tertiary/aromatic N) is 2. The van der Waals surface area contributed by atoms with Crippen molar-refractivity contribution in [1.82, 2.24) is 9.80 Å². The SMILES string of the molecule is CC(C)(C)c1ccc(CN2CCN(Cc3ccc(C(C)(C)C)cc3N)CC2)c(N)c1. The highest BCUT2D eigenvalue weighted by Gasteiger charge is 2.21. The first-order valence-electron chi connectivity index (χ1n) is 11.2. The summed E-state index contributed by atoms with van der Waals surface area (Å²) in [7, 11) is 0. The zero-order valence-corrected chi connectivity index (χ0v) is 19.8. The van der Waals surface area contributed by atoms with Crippen molar-refractivity contribution < 1.29 is 0 Å². The Morgan fingerprint density at radius 2 is 0.967 bits per heavy atom. The molecule has 0 aromatic heterocycles. The molecule has 4 heteroatoms. The molecular formula is C26H40N4. The molecule has 0 spiro atoms. The minimum absolute atomic E-state index is 0.130. The molecule has 1 heterocycles. The van der Waals surface area contributed by atoms with E-state index in [1.807, 2.05) is 0 Å². The van der Waals surface area contributed by atoms with Crippen LogP contribution in [0.1, 0.15) is 63.8 Å². The lowest BCUT2D eigenvalue weighted by Crippen LogP contribution is -2.45. The van der Waals surface area contributed by atoms with Crippen molar-refractivity contribution in [3.63, 3.8) is 0 Å². The summed E-state index contributed by atoms with van der Waals surface area (Å²) in [5, 5.41) is 0. The Labute approximate surface area is 183 Å². The Kier molecular flexibility index (Phi) is 6.49. The first kappa shape index (κ1) is 22.6. The lowest BCUT2D eigenvalue weighted by molar-refractivity contribution is 0.122. The summed E-state index contributed by atoms with van der Waals surface area (Å²) in [6.07, 6.45) is 0. The highest BCUT2D eigenvalue weighted by molar-refractivity contribution is 5.51. The minimum atomic E-state index is 0.130. The second kappa shape index (κ2) is 8.60. The summed E-state index contributed by atoms with van der Waals surface area (Å²) in [4.78, 5) is 5.01. The first-order chi connectivity index (χ1) is 13.9. The number of anilines is 2. The first-order valence-corrected chi connectivity index (χ1v) is 11.2. The average Bonchev–Trinajstić information content (AvgIpc) is 2.65. The van der Waals surface area contributed by atoms with E-state index in [4.69, 9.17) is 11.5 Å². The average molecular weight is 409 g/mol. The van der Waals surface area contributed by atoms with Crippen LogP contribution >= 0.6 is 0 Å². The molecule has 3 rings (SSSR count). The van der Waals surface area contributed by atoms with Crippen LogP contribution in [0.5, 0.6) is 0 Å². The summed E-state index contributed by atoms with van der Waals surface area (Å²) in [6, 6.07) is 13.2. The van der Waals surface area contributed by atoms with Gasteiger partial charge in [0.2, 0.25) is 0 Å². The second-order valence-corrected chi connectivity index (χ2v) is 10.9. The molecule has 30 heavy (non-hydrogen) atoms. The van der Waals surface area contributed by atoms with Crippen LogP contribution in [0.15, 0.2) is 36.4 Å². The predicted octanol–water partition coefficient (Wildman–Crippen LogP) is 4.76. The fraction of sp³-hybridized carbons (Fsp3) is 0.538. The maximum absolute atomic E-state index is 6.37. The lowest BCUT2D eigenvalue weighted by atomic mass is 9.86. The van der Waals surface area contributed by atoms with Crippen molar-refractivity contribution in [3.05, 3.63) is 58.7 Å². The second-order valence-electron chi connectivity index (χ2n) is 10.9. The quantitative estimate of drug-likeness (QED) is 0.716. The van der Waals surface area contributed by atoms with Crippen LogP contribution < -0.4 is 11.5 Å². The highest BCUT2D eigenvalue weighted by Crippen LogP contribution is 2.28. The summed E-state index contributed by atoms with van der Waals surface area (Å²) in [6.45, 7) is 19.4. The van der Waals surface area contributed by atoms with E-state index in [2.05, 4.69) is 87.7 Å². The van der Waals surface area contributed by atoms with Crippen molar-refractivity contribution in [2.75, 3.05) is 37.6 Å². The van der Waals surface area contributed by atoms with E-state index in [9.17, 15) is 0 Å². The Hall–Kier alpha value is -2.04. The van der Waals surface area contributed by atoms with Gasteiger partial charge >= 0.3 is 0 Å². The molecule has 4 nitrogen and oxygen atoms in total. The van der Waals surface area contributed by atoms with E-state index >= 15 is 0 Å². The third kappa shape index (κ3) is 5.55. The number of hydrogen-bond acceptors (Lipinski definition) is 4. The third-order valence-electron chi connectivity index (χ3n) is 6.28. The van der Waals surface area contributed by atoms with Gasteiger partial charge in [0.1, 0.15) is 0 Å². The molecule has 1 saturated heterocycles. The van der Waals surface area contributed by atoms with E-state index in [0.717, 1.165) is 50.6 Å². The van der Waals surface area contributed by atoms with Crippen molar-refractivity contribution in [2.24, 2.45) is 0 Å². The predicted molar refractivity (Wildman–Crippen MR) is 130 cm³/mol. The molecule has 0 saturated carbocycles. The number of nitrogens with two attached hydrogens (primary N) is 2. The van der Waals surface area contributed by atoms with Gasteiger partial charge in [-0.3, -0.25) is 9.80 Å². The number of nitrogen functional groups attached to an aromatic ring is 2. The monoisotopic (exact) mass is 408 g/mol. The van der Waals surface area contributed by atoms with E-state index in [-0.39, 0.29) is 10.8 Å². The summed E-state index contributed by atoms with van der Waals surface area (Å²) >= 11 is 0. The van der Waals surface area contributed by atoms with Crippen molar-refractivity contribution in [2.45, 2.75) is 65.5 Å². The molecule has 0 bridgehead atoms. The van der Waals surface area contributed by atoms with Gasteiger partial charge in [0, 0.05) is 50.6 Å². The van der Waals surface area contributed by atoms with Gasteiger partial charge in [-0.2, -0.15) is 0 Å². The third-order valence-corrected chi connectivity index (χ3v) is 6.28. The largest absolute Gasteiger partial charge is 0.398 e. The topological polar surface area (TPSA) is 58.5 Å². The lowest BCUT2D eigenvalue weighted by Gasteiger charge is -2.35. The number of rotatable bonds is 4. The molecule has 0 amide bonds. The molecule has 1 aliphatic heterocycles. The maximum atomic E-state index is 6.37. The van der Waals surface area contributed by atoms with Gasteiger partial charge in [0.15, 0.2) is 0 Å². The molecule has 0 unspecified atom stereocenters. The zero-order valence-electron chi connectivity index (χ0n) is 19.8. The standard InChI is InChI=1S/C26H40N4/c1-25(2,3)21-9-7-19(23(27)15-21)17-29-11-13-30(14-12-29)18-20-8-10-22(16-24(20)28)26(4,5)6/h7-10,15-16H,11-14,17-18,27-28H2,1-6H3. The fourth-order valence-electron chi connectivity index (χ4n) is 4.00. The molecule has 2 aromatic carbocycles. The Balaban J connectivity index is 1.56. The number of piperazine rings is 1. The van der Waals surface area contributed by atoms with Gasteiger partial charge in [-0.25, -0.2) is 0 Å². The van der Waals surface area contributed by atoms with E-state index in [0.29, 0.717) is 0 Å². The molecule has 1 aliphatic rings. The molecule has 2 aromatic rings. The van der Waals surface area contributed by atoms with Gasteiger partial charge in [-0.15, -0.1) is 0 Å². The van der Waals surface area contributed by atoms with Crippen LogP contribution in [0.4, 0.5) is 11.4 Å². The Morgan fingerprint density at radius 3 is 1.23 bits per heavy atom. The smallest absolute Gasteiger partial charge is 0.0362 e. The Morgan fingerprint density at radius 1 is 0.633 bits per heavy atom. The van der Waals surface area contributed by atoms with Gasteiger partial charge in [0.05, 0.1) is 0 Å². The number of benzene rings is 2. The van der Waals surface area contributed by atoms with Gasteiger partial charge in [0.25, 0.3) is 0 Å². The zero-order chi connectivity index (χ0) is 22.1. The molecular weight excluding hydrogens is 368 g/mol. The molecule has 0 atom stereocenters. The summed E-state index contributed by atoms with van der Waals surface area (Å²) < 4.78 is 0. The van der Waals surface area contributed by atoms with E-state index < -0.39 is 0 Å². The number of hydrogen-bond donors (Lipinski definition) is 2. The summed E-state index contributed by atoms with van der Waals surface area (Å²) in [5.74, 6) is 0. The van der Waals surface area contributed by atoms with E-state index in [1.165, 1.54) is 22.3 Å². The van der Waals surface area contributed by atoms with E-state index in [1.54, 1.807) is 0 Å². The summed E-state index contributed by atoms with van der Waals surface area (Å²) in [5.41, 5.74) is 19.9. The fourth-order valence-corrected chi connectivity index (χ4v) is 4.00. The highest BCUT2D eigenvalue weighted by atomic mass is 15.3. The van der Waals surface area contributed by atoms with Crippen LogP contribution in [0.3, 0.4) is 0 Å². The van der Waals surface area contributed by atoms with Crippen LogP contribution in [0.25, 0.3) is 0 Å². The van der Waals surface area contributed by atoms with Crippen LogP contribution in [0.2, 0.25) is 0 Å². The molecule has 0 aliphatic carbocycles. The van der Waals surface area contributed by atoms with Crippen LogP contribution in [0, 0.1) is 0 Å². The van der Waals surface area contributed by atoms with Crippen LogP contribution in [-0.2, 0) is 23.9 Å². The molecule has 4 N–H and O–H groups in total. The van der Waals surface area contributed by atoms with Crippen molar-refractivity contribution >= 4 is 11.4 Å². The molecule has 1 fully saturated rings. The Bertz CT molecular complexity index is 792.